The van der Waals surface area contributed by atoms with E-state index in [1.54, 1.807) is 43.3 Å². The van der Waals surface area contributed by atoms with Crippen molar-refractivity contribution in [3.63, 3.8) is 0 Å². The minimum atomic E-state index is -1.74. The van der Waals surface area contributed by atoms with Gasteiger partial charge in [-0.2, -0.15) is 0 Å². The van der Waals surface area contributed by atoms with E-state index < -0.39 is 23.6 Å². The molecule has 0 aromatic heterocycles. The highest BCUT2D eigenvalue weighted by atomic mass is 35.5. The number of hydrogen-bond acceptors (Lipinski definition) is 4. The number of carbonyl (C=O) groups is 3. The van der Waals surface area contributed by atoms with Crippen LogP contribution >= 0.6 is 11.6 Å². The molecule has 9 heteroatoms. The summed E-state index contributed by atoms with van der Waals surface area (Å²) in [6.07, 6.45) is 0.679. The van der Waals surface area contributed by atoms with Crippen molar-refractivity contribution in [3.05, 3.63) is 70.2 Å². The van der Waals surface area contributed by atoms with Crippen molar-refractivity contribution in [1.82, 2.24) is 15.1 Å². The number of nitrogens with one attached hydrogen (secondary N) is 1. The molecule has 3 amide bonds. The quantitative estimate of drug-likeness (QED) is 0.488. The molecule has 0 aliphatic carbocycles. The van der Waals surface area contributed by atoms with E-state index in [0.29, 0.717) is 49.5 Å². The van der Waals surface area contributed by atoms with Crippen LogP contribution in [-0.4, -0.2) is 63.6 Å². The highest BCUT2D eigenvalue weighted by molar-refractivity contribution is 6.30. The summed E-state index contributed by atoms with van der Waals surface area (Å²) in [4.78, 5) is 40.4. The maximum Gasteiger partial charge on any atom is 0.407 e. The van der Waals surface area contributed by atoms with E-state index in [1.807, 2.05) is 12.1 Å². The molecule has 3 N–H and O–H groups in total. The molecule has 0 bridgehead atoms. The van der Waals surface area contributed by atoms with E-state index in [0.717, 1.165) is 11.1 Å². The van der Waals surface area contributed by atoms with Gasteiger partial charge < -0.3 is 25.3 Å². The first-order valence-corrected chi connectivity index (χ1v) is 12.1. The number of rotatable bonds is 9. The molecule has 0 unspecified atom stereocenters. The molecule has 2 aromatic rings. The fourth-order valence-corrected chi connectivity index (χ4v) is 4.59. The lowest BCUT2D eigenvalue weighted by molar-refractivity contribution is -0.154. The Morgan fingerprint density at radius 2 is 1.89 bits per heavy atom. The van der Waals surface area contributed by atoms with Crippen LogP contribution < -0.4 is 5.32 Å². The Labute approximate surface area is 210 Å². The third-order valence-electron chi connectivity index (χ3n) is 6.49. The zero-order valence-corrected chi connectivity index (χ0v) is 20.8. The van der Waals surface area contributed by atoms with Gasteiger partial charge >= 0.3 is 6.09 Å². The van der Waals surface area contributed by atoms with Crippen molar-refractivity contribution in [1.29, 1.82) is 0 Å². The molecule has 188 valence electrons. The van der Waals surface area contributed by atoms with Crippen molar-refractivity contribution in [2.75, 3.05) is 19.6 Å². The molecule has 0 radical (unpaired) electrons. The van der Waals surface area contributed by atoms with Gasteiger partial charge in [-0.1, -0.05) is 48.0 Å². The zero-order chi connectivity index (χ0) is 25.6. The van der Waals surface area contributed by atoms with Gasteiger partial charge in [0.05, 0.1) is 0 Å². The predicted molar refractivity (Wildman–Crippen MR) is 133 cm³/mol. The molecule has 1 aliphatic heterocycles. The topological polar surface area (TPSA) is 110 Å². The molecule has 0 saturated carbocycles. The zero-order valence-electron chi connectivity index (χ0n) is 20.0. The second kappa shape index (κ2) is 11.6. The minimum Gasteiger partial charge on any atom is -0.465 e. The Balaban J connectivity index is 1.68. The number of nitrogens with zero attached hydrogens (tertiary/aromatic N) is 2. The molecule has 2 aromatic carbocycles. The first kappa shape index (κ1) is 26.5. The van der Waals surface area contributed by atoms with Crippen molar-refractivity contribution >= 4 is 29.5 Å². The maximum atomic E-state index is 13.2. The van der Waals surface area contributed by atoms with Crippen LogP contribution in [0.1, 0.15) is 43.4 Å². The number of halogens is 1. The average molecular weight is 502 g/mol. The van der Waals surface area contributed by atoms with Crippen LogP contribution in [0.2, 0.25) is 5.02 Å². The Morgan fingerprint density at radius 3 is 2.54 bits per heavy atom. The summed E-state index contributed by atoms with van der Waals surface area (Å²) >= 11 is 6.17. The number of aliphatic hydroxyl groups is 1. The summed E-state index contributed by atoms with van der Waals surface area (Å²) in [5.41, 5.74) is 0.418. The van der Waals surface area contributed by atoms with Crippen LogP contribution in [0.5, 0.6) is 0 Å². The lowest BCUT2D eigenvalue weighted by Crippen LogP contribution is -2.52. The molecule has 1 aliphatic rings. The Morgan fingerprint density at radius 1 is 1.17 bits per heavy atom. The summed E-state index contributed by atoms with van der Waals surface area (Å²) in [5.74, 6) is -0.801. The van der Waals surface area contributed by atoms with Gasteiger partial charge in [-0.3, -0.25) is 9.59 Å². The van der Waals surface area contributed by atoms with E-state index in [2.05, 4.69) is 5.32 Å². The van der Waals surface area contributed by atoms with Crippen molar-refractivity contribution in [2.45, 2.75) is 51.3 Å². The summed E-state index contributed by atoms with van der Waals surface area (Å²) in [5, 5.41) is 23.6. The minimum absolute atomic E-state index is 0.196. The summed E-state index contributed by atoms with van der Waals surface area (Å²) < 4.78 is 0. The molecule has 8 nitrogen and oxygen atoms in total. The van der Waals surface area contributed by atoms with Crippen LogP contribution in [0.15, 0.2) is 48.5 Å². The number of benzene rings is 2. The SMILES string of the molecule is CCN(CCc1ccc(Cl)cc1CNC(=O)[C@@H]1CCCN1C(=O)[C@](C)(O)c1ccccc1)C(=O)O. The van der Waals surface area contributed by atoms with Gasteiger partial charge in [0.15, 0.2) is 5.60 Å². The largest absolute Gasteiger partial charge is 0.465 e. The van der Waals surface area contributed by atoms with Gasteiger partial charge in [-0.15, -0.1) is 0 Å². The average Bonchev–Trinajstić information content (AvgIpc) is 3.33. The number of amides is 3. The van der Waals surface area contributed by atoms with E-state index >= 15 is 0 Å². The predicted octanol–water partition coefficient (Wildman–Crippen LogP) is 3.40. The van der Waals surface area contributed by atoms with E-state index in [-0.39, 0.29) is 12.5 Å². The number of carboxylic acid groups (broad SMARTS) is 1. The number of hydrogen-bond donors (Lipinski definition) is 3. The molecule has 1 fully saturated rings. The summed E-state index contributed by atoms with van der Waals surface area (Å²) in [6, 6.07) is 13.3. The summed E-state index contributed by atoms with van der Waals surface area (Å²) in [7, 11) is 0. The van der Waals surface area contributed by atoms with Gasteiger partial charge in [-0.25, -0.2) is 4.79 Å². The molecule has 1 saturated heterocycles. The standard InChI is InChI=1S/C26H32ClN3O5/c1-3-29(25(33)34)15-13-18-11-12-21(27)16-19(18)17-28-23(31)22-10-7-14-30(22)24(32)26(2,35)20-8-5-4-6-9-20/h4-6,8-9,11-12,16,22,35H,3,7,10,13-15,17H2,1-2H3,(H,28,31)(H,33,34)/t22-,26+/m0/s1. The van der Waals surface area contributed by atoms with Crippen molar-refractivity contribution < 1.29 is 24.6 Å². The second-order valence-corrected chi connectivity index (χ2v) is 9.27. The van der Waals surface area contributed by atoms with Crippen LogP contribution in [0.3, 0.4) is 0 Å². The Hall–Kier alpha value is -3.10. The second-order valence-electron chi connectivity index (χ2n) is 8.84. The van der Waals surface area contributed by atoms with Gasteiger partial charge in [0, 0.05) is 31.2 Å². The number of carbonyl (C=O) groups excluding carboxylic acids is 2. The highest BCUT2D eigenvalue weighted by Gasteiger charge is 2.42. The lowest BCUT2D eigenvalue weighted by atomic mass is 9.94. The van der Waals surface area contributed by atoms with Gasteiger partial charge in [0.25, 0.3) is 5.91 Å². The van der Waals surface area contributed by atoms with E-state index in [1.165, 1.54) is 16.7 Å². The fourth-order valence-electron chi connectivity index (χ4n) is 4.40. The monoisotopic (exact) mass is 501 g/mol. The Kier molecular flexibility index (Phi) is 8.75. The first-order chi connectivity index (χ1) is 16.6. The smallest absolute Gasteiger partial charge is 0.407 e. The molecule has 2 atom stereocenters. The molecule has 3 rings (SSSR count). The normalized spacial score (nSPS) is 17.0. The first-order valence-electron chi connectivity index (χ1n) is 11.8. The van der Waals surface area contributed by atoms with Gasteiger partial charge in [-0.05, 0) is 61.9 Å². The molecular formula is C26H32ClN3O5. The van der Waals surface area contributed by atoms with E-state index in [9.17, 15) is 24.6 Å². The van der Waals surface area contributed by atoms with Crippen molar-refractivity contribution in [2.24, 2.45) is 0 Å². The van der Waals surface area contributed by atoms with Crippen LogP contribution in [0, 0.1) is 0 Å². The highest BCUT2D eigenvalue weighted by Crippen LogP contribution is 2.28. The molecule has 35 heavy (non-hydrogen) atoms. The lowest BCUT2D eigenvalue weighted by Gasteiger charge is -2.32. The molecule has 1 heterocycles. The number of likely N-dealkylation sites (N-methyl/N-ethyl adjacent to an activating group) is 1. The van der Waals surface area contributed by atoms with Gasteiger partial charge in [0.2, 0.25) is 5.91 Å². The molecular weight excluding hydrogens is 470 g/mol. The third kappa shape index (κ3) is 6.32. The van der Waals surface area contributed by atoms with Crippen LogP contribution in [0.25, 0.3) is 0 Å². The van der Waals surface area contributed by atoms with Gasteiger partial charge in [0.1, 0.15) is 6.04 Å². The van der Waals surface area contributed by atoms with Crippen LogP contribution in [-0.2, 0) is 28.2 Å². The fraction of sp³-hybridized carbons (Fsp3) is 0.423. The van der Waals surface area contributed by atoms with Crippen molar-refractivity contribution in [3.8, 4) is 0 Å². The van der Waals surface area contributed by atoms with E-state index in [4.69, 9.17) is 11.6 Å². The Bertz CT molecular complexity index is 1060. The third-order valence-corrected chi connectivity index (χ3v) is 6.73. The molecule has 0 spiro atoms. The van der Waals surface area contributed by atoms with Crippen LogP contribution in [0.4, 0.5) is 4.79 Å². The summed E-state index contributed by atoms with van der Waals surface area (Å²) in [6.45, 7) is 4.53. The maximum absolute atomic E-state index is 13.2. The number of likely N-dealkylation sites (tertiary alicyclic amines) is 1.